The lowest BCUT2D eigenvalue weighted by Gasteiger charge is -2.35. The molecule has 0 aliphatic carbocycles. The fourth-order valence-electron chi connectivity index (χ4n) is 5.08. The molecule has 1 amide bonds. The number of nitrogens with one attached hydrogen (secondary N) is 1. The van der Waals surface area contributed by atoms with Crippen molar-refractivity contribution in [1.82, 2.24) is 19.1 Å². The van der Waals surface area contributed by atoms with Gasteiger partial charge in [-0.1, -0.05) is 13.3 Å². The normalized spacial score (nSPS) is 23.1. The second-order valence-electron chi connectivity index (χ2n) is 9.14. The Bertz CT molecular complexity index is 1160. The third kappa shape index (κ3) is 5.02. The van der Waals surface area contributed by atoms with Gasteiger partial charge in [-0.15, -0.1) is 0 Å². The van der Waals surface area contributed by atoms with Crippen molar-refractivity contribution in [2.75, 3.05) is 32.7 Å². The Labute approximate surface area is 194 Å². The van der Waals surface area contributed by atoms with Crippen LogP contribution in [0.1, 0.15) is 45.4 Å². The zero-order valence-electron chi connectivity index (χ0n) is 19.5. The number of aromatic nitrogens is 1. The van der Waals surface area contributed by atoms with E-state index < -0.39 is 15.8 Å². The number of amides is 1. The average Bonchev–Trinajstić information content (AvgIpc) is 3.12. The third-order valence-corrected chi connectivity index (χ3v) is 8.94. The highest BCUT2D eigenvalue weighted by molar-refractivity contribution is 7.89. The first-order valence-corrected chi connectivity index (χ1v) is 13.4. The monoisotopic (exact) mass is 478 g/mol. The molecule has 182 valence electrons. The molecule has 0 spiro atoms. The number of carbonyl (C=O) groups excluding carboxylic acids is 1. The molecule has 9 nitrogen and oxygen atoms in total. The van der Waals surface area contributed by atoms with Crippen LogP contribution >= 0.6 is 0 Å². The highest BCUT2D eigenvalue weighted by Gasteiger charge is 2.33. The van der Waals surface area contributed by atoms with E-state index in [0.29, 0.717) is 37.5 Å². The maximum atomic E-state index is 13.2. The van der Waals surface area contributed by atoms with Crippen LogP contribution < -0.4 is 11.1 Å². The molecule has 2 aliphatic rings. The smallest absolute Gasteiger partial charge is 0.408 e. The third-order valence-electron chi connectivity index (χ3n) is 7.08. The molecule has 2 saturated heterocycles. The van der Waals surface area contributed by atoms with Gasteiger partial charge in [-0.2, -0.15) is 4.31 Å². The second kappa shape index (κ2) is 9.99. The zero-order valence-corrected chi connectivity index (χ0v) is 20.3. The van der Waals surface area contributed by atoms with E-state index in [4.69, 9.17) is 4.42 Å². The summed E-state index contributed by atoms with van der Waals surface area (Å²) >= 11 is 0. The number of aryl methyl sites for hydroxylation is 1. The molecule has 0 unspecified atom stereocenters. The van der Waals surface area contributed by atoms with E-state index in [0.717, 1.165) is 19.5 Å². The number of hydrogen-bond acceptors (Lipinski definition) is 6. The highest BCUT2D eigenvalue weighted by atomic mass is 32.2. The van der Waals surface area contributed by atoms with E-state index >= 15 is 0 Å². The number of oxazole rings is 1. The maximum Gasteiger partial charge on any atom is 0.419 e. The molecular weight excluding hydrogens is 444 g/mol. The second-order valence-corrected chi connectivity index (χ2v) is 11.1. The van der Waals surface area contributed by atoms with Crippen molar-refractivity contribution in [3.63, 3.8) is 0 Å². The fraction of sp³-hybridized carbons (Fsp3) is 0.652. The number of carbonyl (C=O) groups is 1. The average molecular weight is 479 g/mol. The summed E-state index contributed by atoms with van der Waals surface area (Å²) in [6.45, 7) is 5.24. The van der Waals surface area contributed by atoms with Crippen LogP contribution in [-0.4, -0.2) is 66.9 Å². The molecule has 2 aromatic rings. The van der Waals surface area contributed by atoms with Crippen LogP contribution in [0.4, 0.5) is 0 Å². The van der Waals surface area contributed by atoms with E-state index in [-0.39, 0.29) is 28.8 Å². The van der Waals surface area contributed by atoms with E-state index in [9.17, 15) is 18.0 Å². The van der Waals surface area contributed by atoms with Crippen molar-refractivity contribution >= 4 is 27.0 Å². The largest absolute Gasteiger partial charge is 0.419 e. The van der Waals surface area contributed by atoms with Crippen LogP contribution in [0.2, 0.25) is 0 Å². The number of likely N-dealkylation sites (tertiary alicyclic amines) is 1. The molecular formula is C23H34N4O5S. The number of piperidine rings is 2. The molecule has 3 heterocycles. The molecule has 2 aliphatic heterocycles. The number of nitrogens with zero attached hydrogens (tertiary/aromatic N) is 3. The lowest BCUT2D eigenvalue weighted by Crippen LogP contribution is -2.47. The predicted octanol–water partition coefficient (Wildman–Crippen LogP) is 1.91. The lowest BCUT2D eigenvalue weighted by atomic mass is 9.98. The van der Waals surface area contributed by atoms with E-state index in [1.54, 1.807) is 13.1 Å². The minimum absolute atomic E-state index is 0.0705. The molecule has 2 atom stereocenters. The van der Waals surface area contributed by atoms with E-state index in [1.165, 1.54) is 40.3 Å². The molecule has 2 fully saturated rings. The lowest BCUT2D eigenvalue weighted by molar-refractivity contribution is -0.126. The van der Waals surface area contributed by atoms with Crippen LogP contribution in [0.3, 0.4) is 0 Å². The van der Waals surface area contributed by atoms with Crippen molar-refractivity contribution < 1.29 is 17.6 Å². The SMILES string of the molecule is CC[C@H]1CCCCN1CCNC(=O)[C@H]1CCCN(S(=O)(=O)c2ccc3c(c2)oc(=O)n3C)C1. The van der Waals surface area contributed by atoms with Crippen LogP contribution in [0.5, 0.6) is 0 Å². The zero-order chi connectivity index (χ0) is 23.6. The van der Waals surface area contributed by atoms with Gasteiger partial charge in [0.2, 0.25) is 15.9 Å². The van der Waals surface area contributed by atoms with Crippen molar-refractivity contribution in [2.45, 2.75) is 56.4 Å². The molecule has 33 heavy (non-hydrogen) atoms. The number of fused-ring (bicyclic) bond motifs is 1. The van der Waals surface area contributed by atoms with Gasteiger partial charge in [-0.25, -0.2) is 13.2 Å². The fourth-order valence-corrected chi connectivity index (χ4v) is 6.62. The van der Waals surface area contributed by atoms with Gasteiger partial charge in [-0.05, 0) is 50.8 Å². The van der Waals surface area contributed by atoms with Crippen molar-refractivity contribution in [1.29, 1.82) is 0 Å². The van der Waals surface area contributed by atoms with Gasteiger partial charge in [0, 0.05) is 45.3 Å². The summed E-state index contributed by atoms with van der Waals surface area (Å²) in [6, 6.07) is 5.04. The molecule has 0 radical (unpaired) electrons. The first-order chi connectivity index (χ1) is 15.8. The summed E-state index contributed by atoms with van der Waals surface area (Å²) < 4.78 is 34.3. The minimum Gasteiger partial charge on any atom is -0.408 e. The predicted molar refractivity (Wildman–Crippen MR) is 125 cm³/mol. The van der Waals surface area contributed by atoms with Gasteiger partial charge in [0.05, 0.1) is 16.3 Å². The van der Waals surface area contributed by atoms with E-state index in [1.807, 2.05) is 0 Å². The van der Waals surface area contributed by atoms with E-state index in [2.05, 4.69) is 17.1 Å². The number of benzene rings is 1. The molecule has 1 aromatic heterocycles. The number of sulfonamides is 1. The van der Waals surface area contributed by atoms with Gasteiger partial charge >= 0.3 is 5.76 Å². The Kier molecular flexibility index (Phi) is 7.25. The van der Waals surface area contributed by atoms with Crippen molar-refractivity contribution in [3.8, 4) is 0 Å². The molecule has 1 aromatic carbocycles. The van der Waals surface area contributed by atoms with Crippen LogP contribution in [-0.2, 0) is 21.9 Å². The van der Waals surface area contributed by atoms with Crippen molar-refractivity contribution in [2.24, 2.45) is 13.0 Å². The molecule has 4 rings (SSSR count). The Morgan fingerprint density at radius 2 is 2.00 bits per heavy atom. The van der Waals surface area contributed by atoms with Gasteiger partial charge in [0.15, 0.2) is 5.58 Å². The number of rotatable bonds is 7. The van der Waals surface area contributed by atoms with Crippen LogP contribution in [0.15, 0.2) is 32.3 Å². The van der Waals surface area contributed by atoms with Gasteiger partial charge in [0.25, 0.3) is 0 Å². The first kappa shape index (κ1) is 24.0. The minimum atomic E-state index is -3.80. The maximum absolute atomic E-state index is 13.2. The van der Waals surface area contributed by atoms with Gasteiger partial charge in [0.1, 0.15) is 0 Å². The topological polar surface area (TPSA) is 105 Å². The Hall–Kier alpha value is -2.17. The Morgan fingerprint density at radius 1 is 1.18 bits per heavy atom. The molecule has 1 N–H and O–H groups in total. The molecule has 0 saturated carbocycles. The highest BCUT2D eigenvalue weighted by Crippen LogP contribution is 2.26. The van der Waals surface area contributed by atoms with Crippen LogP contribution in [0.25, 0.3) is 11.1 Å². The standard InChI is InChI=1S/C23H34N4O5S/c1-3-18-8-4-5-12-26(18)14-11-24-22(28)17-7-6-13-27(16-17)33(30,31)19-9-10-20-21(15-19)32-23(29)25(20)2/h9-10,15,17-18H,3-8,11-14,16H2,1-2H3,(H,24,28)/t17-,18-/m0/s1. The van der Waals surface area contributed by atoms with Gasteiger partial charge in [-0.3, -0.25) is 14.3 Å². The summed E-state index contributed by atoms with van der Waals surface area (Å²) in [5.41, 5.74) is 0.770. The summed E-state index contributed by atoms with van der Waals surface area (Å²) in [6.07, 6.45) is 6.13. The van der Waals surface area contributed by atoms with Gasteiger partial charge < -0.3 is 9.73 Å². The quantitative estimate of drug-likeness (QED) is 0.652. The number of hydrogen-bond donors (Lipinski definition) is 1. The summed E-state index contributed by atoms with van der Waals surface area (Å²) in [7, 11) is -2.22. The summed E-state index contributed by atoms with van der Waals surface area (Å²) in [4.78, 5) is 27.1. The Balaban J connectivity index is 1.38. The first-order valence-electron chi connectivity index (χ1n) is 11.9. The molecule has 10 heteroatoms. The van der Waals surface area contributed by atoms with Crippen molar-refractivity contribution in [3.05, 3.63) is 28.7 Å². The molecule has 0 bridgehead atoms. The summed E-state index contributed by atoms with van der Waals surface area (Å²) in [5.74, 6) is -0.983. The summed E-state index contributed by atoms with van der Waals surface area (Å²) in [5, 5.41) is 3.03. The Morgan fingerprint density at radius 3 is 2.79 bits per heavy atom. The van der Waals surface area contributed by atoms with Crippen LogP contribution in [0, 0.1) is 5.92 Å².